The van der Waals surface area contributed by atoms with Gasteiger partial charge in [-0.05, 0) is 43.7 Å². The second-order valence-corrected chi connectivity index (χ2v) is 7.93. The number of nitrogens with one attached hydrogen (secondary N) is 1. The number of benzene rings is 3. The first-order valence-electron chi connectivity index (χ1n) is 10.6. The Balaban J connectivity index is 1.65. The fourth-order valence-corrected chi connectivity index (χ4v) is 3.60. The number of carbonyl (C=O) groups excluding carboxylic acids is 1. The molecular weight excluding hydrogens is 412 g/mol. The maximum Gasteiger partial charge on any atom is 0.261 e. The van der Waals surface area contributed by atoms with Crippen LogP contribution in [-0.2, 0) is 0 Å². The summed E-state index contributed by atoms with van der Waals surface area (Å²) in [4.78, 5) is 22.7. The second-order valence-electron chi connectivity index (χ2n) is 7.93. The highest BCUT2D eigenvalue weighted by Crippen LogP contribution is 2.28. The molecule has 0 atom stereocenters. The Labute approximate surface area is 190 Å². The largest absolute Gasteiger partial charge is 0.383 e. The summed E-state index contributed by atoms with van der Waals surface area (Å²) in [7, 11) is 0. The first kappa shape index (κ1) is 20.4. The number of hydrogen-bond donors (Lipinski definition) is 2. The quantitative estimate of drug-likeness (QED) is 0.392. The molecule has 0 unspecified atom stereocenters. The lowest BCUT2D eigenvalue weighted by molar-refractivity contribution is 0.102. The number of hydrogen-bond acceptors (Lipinski definition) is 5. The Bertz CT molecular complexity index is 1520. The van der Waals surface area contributed by atoms with Crippen LogP contribution >= 0.6 is 0 Å². The average Bonchev–Trinajstić information content (AvgIpc) is 3.09. The van der Waals surface area contributed by atoms with Gasteiger partial charge in [-0.15, -0.1) is 0 Å². The number of nitrogen functional groups attached to an aromatic ring is 1. The molecule has 2 heterocycles. The van der Waals surface area contributed by atoms with Crippen molar-refractivity contribution in [1.29, 1.82) is 0 Å². The van der Waals surface area contributed by atoms with Gasteiger partial charge >= 0.3 is 0 Å². The molecule has 0 aliphatic rings. The number of anilines is 2. The van der Waals surface area contributed by atoms with Crippen molar-refractivity contribution in [1.82, 2.24) is 14.6 Å². The van der Waals surface area contributed by atoms with Gasteiger partial charge in [0.15, 0.2) is 5.65 Å². The van der Waals surface area contributed by atoms with Gasteiger partial charge in [-0.2, -0.15) is 9.78 Å². The van der Waals surface area contributed by atoms with E-state index in [1.54, 1.807) is 6.21 Å². The summed E-state index contributed by atoms with van der Waals surface area (Å²) in [5.41, 5.74) is 12.7. The summed E-state index contributed by atoms with van der Waals surface area (Å²) in [5.74, 6) is -0.191. The van der Waals surface area contributed by atoms with Gasteiger partial charge in [0, 0.05) is 5.69 Å². The first-order valence-corrected chi connectivity index (χ1v) is 10.6. The number of aryl methyl sites for hydroxylation is 2. The summed E-state index contributed by atoms with van der Waals surface area (Å²) < 4.78 is 1.47. The van der Waals surface area contributed by atoms with E-state index in [1.807, 2.05) is 86.6 Å². The van der Waals surface area contributed by atoms with E-state index in [2.05, 4.69) is 10.4 Å². The van der Waals surface area contributed by atoms with Crippen LogP contribution in [0.25, 0.3) is 22.2 Å². The van der Waals surface area contributed by atoms with E-state index in [0.29, 0.717) is 27.9 Å². The van der Waals surface area contributed by atoms with Gasteiger partial charge in [-0.1, -0.05) is 59.7 Å². The Morgan fingerprint density at radius 3 is 2.18 bits per heavy atom. The predicted octanol–water partition coefficient (Wildman–Crippen LogP) is 4.92. The molecule has 0 fully saturated rings. The van der Waals surface area contributed by atoms with Crippen LogP contribution in [0.4, 0.5) is 11.5 Å². The van der Waals surface area contributed by atoms with Crippen molar-refractivity contribution < 1.29 is 4.79 Å². The van der Waals surface area contributed by atoms with Crippen LogP contribution in [0.15, 0.2) is 77.9 Å². The molecule has 5 aromatic rings. The van der Waals surface area contributed by atoms with Gasteiger partial charge in [0.2, 0.25) is 0 Å². The van der Waals surface area contributed by atoms with Crippen LogP contribution in [0.5, 0.6) is 0 Å². The predicted molar refractivity (Wildman–Crippen MR) is 133 cm³/mol. The van der Waals surface area contributed by atoms with E-state index in [1.165, 1.54) is 4.68 Å². The molecule has 0 saturated carbocycles. The fraction of sp³-hybridized carbons (Fsp3) is 0.0769. The number of nitrogens with two attached hydrogens (primary N) is 1. The van der Waals surface area contributed by atoms with Gasteiger partial charge in [0.05, 0.1) is 17.2 Å². The van der Waals surface area contributed by atoms with E-state index in [9.17, 15) is 4.79 Å². The van der Waals surface area contributed by atoms with Crippen LogP contribution in [0, 0.1) is 13.8 Å². The van der Waals surface area contributed by atoms with Gasteiger partial charge < -0.3 is 11.1 Å². The van der Waals surface area contributed by atoms with Gasteiger partial charge in [-0.3, -0.25) is 4.79 Å². The van der Waals surface area contributed by atoms with E-state index in [4.69, 9.17) is 15.7 Å². The summed E-state index contributed by atoms with van der Waals surface area (Å²) in [5, 5.41) is 7.45. The van der Waals surface area contributed by atoms with Gasteiger partial charge in [-0.25, -0.2) is 9.97 Å². The zero-order valence-electron chi connectivity index (χ0n) is 18.3. The van der Waals surface area contributed by atoms with Crippen molar-refractivity contribution in [3.63, 3.8) is 0 Å². The first-order chi connectivity index (χ1) is 16.0. The molecule has 1 amide bonds. The molecule has 0 aliphatic heterocycles. The van der Waals surface area contributed by atoms with Crippen LogP contribution < -0.4 is 11.1 Å². The molecular formula is C26H22N6O. The summed E-state index contributed by atoms with van der Waals surface area (Å²) >= 11 is 0. The SMILES string of the molecule is Cc1ccc(/C=N\n2c(N)c(C(=O)Nc3ccc(C)cc3)c3nc4ccccc4nc32)cc1. The van der Waals surface area contributed by atoms with E-state index >= 15 is 0 Å². The molecule has 0 bridgehead atoms. The molecule has 7 nitrogen and oxygen atoms in total. The fourth-order valence-electron chi connectivity index (χ4n) is 3.60. The zero-order valence-corrected chi connectivity index (χ0v) is 18.3. The Hall–Kier alpha value is -4.52. The molecule has 7 heteroatoms. The molecule has 0 aliphatic carbocycles. The van der Waals surface area contributed by atoms with Crippen LogP contribution in [-0.4, -0.2) is 26.8 Å². The monoisotopic (exact) mass is 434 g/mol. The molecule has 3 N–H and O–H groups in total. The smallest absolute Gasteiger partial charge is 0.261 e. The van der Waals surface area contributed by atoms with E-state index in [0.717, 1.165) is 16.7 Å². The molecule has 33 heavy (non-hydrogen) atoms. The molecule has 162 valence electrons. The van der Waals surface area contributed by atoms with Crippen molar-refractivity contribution in [2.45, 2.75) is 13.8 Å². The number of fused-ring (bicyclic) bond motifs is 2. The lowest BCUT2D eigenvalue weighted by Crippen LogP contribution is -2.14. The Morgan fingerprint density at radius 1 is 0.909 bits per heavy atom. The van der Waals surface area contributed by atoms with Crippen molar-refractivity contribution >= 4 is 45.8 Å². The maximum absolute atomic E-state index is 13.3. The summed E-state index contributed by atoms with van der Waals surface area (Å²) in [6, 6.07) is 23.0. The maximum atomic E-state index is 13.3. The highest BCUT2D eigenvalue weighted by Gasteiger charge is 2.24. The molecule has 3 aromatic carbocycles. The third-order valence-electron chi connectivity index (χ3n) is 5.41. The summed E-state index contributed by atoms with van der Waals surface area (Å²) in [6.45, 7) is 4.02. The van der Waals surface area contributed by atoms with E-state index in [-0.39, 0.29) is 17.3 Å². The third-order valence-corrected chi connectivity index (χ3v) is 5.41. The van der Waals surface area contributed by atoms with Crippen molar-refractivity contribution in [3.05, 3.63) is 95.1 Å². The summed E-state index contributed by atoms with van der Waals surface area (Å²) in [6.07, 6.45) is 1.69. The third kappa shape index (κ3) is 3.92. The molecule has 0 saturated heterocycles. The number of amides is 1. The highest BCUT2D eigenvalue weighted by molar-refractivity contribution is 6.16. The lowest BCUT2D eigenvalue weighted by atomic mass is 10.2. The number of aromatic nitrogens is 3. The molecule has 2 aromatic heterocycles. The van der Waals surface area contributed by atoms with E-state index < -0.39 is 0 Å². The van der Waals surface area contributed by atoms with Gasteiger partial charge in [0.1, 0.15) is 16.9 Å². The van der Waals surface area contributed by atoms with Crippen molar-refractivity contribution in [2.75, 3.05) is 11.1 Å². The van der Waals surface area contributed by atoms with Crippen LogP contribution in [0.2, 0.25) is 0 Å². The molecule has 0 spiro atoms. The topological polar surface area (TPSA) is 98.2 Å². The van der Waals surface area contributed by atoms with Crippen LogP contribution in [0.1, 0.15) is 27.0 Å². The highest BCUT2D eigenvalue weighted by atomic mass is 16.1. The minimum atomic E-state index is -0.366. The molecule has 5 rings (SSSR count). The number of carbonyl (C=O) groups is 1. The number of rotatable bonds is 4. The van der Waals surface area contributed by atoms with Crippen LogP contribution in [0.3, 0.4) is 0 Å². The lowest BCUT2D eigenvalue weighted by Gasteiger charge is -2.06. The minimum Gasteiger partial charge on any atom is -0.383 e. The second kappa shape index (κ2) is 8.20. The average molecular weight is 435 g/mol. The zero-order chi connectivity index (χ0) is 22.9. The number of nitrogens with zero attached hydrogens (tertiary/aromatic N) is 4. The number of para-hydroxylation sites is 2. The van der Waals surface area contributed by atoms with Crippen molar-refractivity contribution in [3.8, 4) is 0 Å². The van der Waals surface area contributed by atoms with Crippen molar-refractivity contribution in [2.24, 2.45) is 5.10 Å². The minimum absolute atomic E-state index is 0.174. The standard InChI is InChI=1S/C26H22N6O/c1-16-7-11-18(12-8-16)15-28-32-24(27)22(26(33)29-19-13-9-17(2)10-14-19)23-25(32)31-21-6-4-3-5-20(21)30-23/h3-15H,27H2,1-2H3,(H,29,33)/b28-15-. The Kier molecular flexibility index (Phi) is 5.06. The Morgan fingerprint density at radius 2 is 1.52 bits per heavy atom. The molecule has 0 radical (unpaired) electrons. The van der Waals surface area contributed by atoms with Gasteiger partial charge in [0.25, 0.3) is 5.91 Å². The normalized spacial score (nSPS) is 11.5.